The average Bonchev–Trinajstić information content (AvgIpc) is 2.74. The number of nitrogens with one attached hydrogen (secondary N) is 2. The van der Waals surface area contributed by atoms with E-state index >= 15 is 0 Å². The summed E-state index contributed by atoms with van der Waals surface area (Å²) in [6.45, 7) is 0. The predicted octanol–water partition coefficient (Wildman–Crippen LogP) is 2.92. The Kier molecular flexibility index (Phi) is 4.34. The highest BCUT2D eigenvalue weighted by Crippen LogP contribution is 2.19. The average molecular weight is 348 g/mol. The minimum Gasteiger partial charge on any atom is -0.334 e. The summed E-state index contributed by atoms with van der Waals surface area (Å²) in [5, 5.41) is 5.85. The van der Waals surface area contributed by atoms with Gasteiger partial charge in [-0.3, -0.25) is 0 Å². The fourth-order valence-corrected chi connectivity index (χ4v) is 3.23. The summed E-state index contributed by atoms with van der Waals surface area (Å²) in [5.74, 6) is 2.17. The second-order valence-electron chi connectivity index (χ2n) is 3.64. The quantitative estimate of drug-likeness (QED) is 0.807. The Labute approximate surface area is 113 Å². The lowest BCUT2D eigenvalue weighted by molar-refractivity contribution is 0.249. The molecule has 86 valence electrons. The van der Waals surface area contributed by atoms with Gasteiger partial charge in [0.2, 0.25) is 0 Å². The number of hydrogen-bond acceptors (Lipinski definition) is 2. The number of thioether (sulfide) groups is 1. The molecule has 1 aromatic rings. The van der Waals surface area contributed by atoms with Crippen LogP contribution >= 0.6 is 34.4 Å². The SMILES string of the molecule is O=C(Nc1ccccc1I)N[C@H]1CCSC1. The number of urea groups is 1. The Morgan fingerprint density at radius 2 is 2.25 bits per heavy atom. The van der Waals surface area contributed by atoms with E-state index in [2.05, 4.69) is 33.2 Å². The van der Waals surface area contributed by atoms with Gasteiger partial charge in [0.25, 0.3) is 0 Å². The van der Waals surface area contributed by atoms with Gasteiger partial charge >= 0.3 is 6.03 Å². The van der Waals surface area contributed by atoms with Gasteiger partial charge in [0.1, 0.15) is 0 Å². The molecule has 1 aromatic carbocycles. The van der Waals surface area contributed by atoms with E-state index in [9.17, 15) is 4.79 Å². The molecule has 0 radical (unpaired) electrons. The summed E-state index contributed by atoms with van der Waals surface area (Å²) >= 11 is 4.10. The molecule has 0 unspecified atom stereocenters. The van der Waals surface area contributed by atoms with Crippen molar-refractivity contribution in [2.75, 3.05) is 16.8 Å². The number of anilines is 1. The van der Waals surface area contributed by atoms with Crippen LogP contribution in [-0.4, -0.2) is 23.6 Å². The van der Waals surface area contributed by atoms with Crippen LogP contribution in [0.5, 0.6) is 0 Å². The zero-order chi connectivity index (χ0) is 11.4. The maximum absolute atomic E-state index is 11.7. The van der Waals surface area contributed by atoms with Crippen molar-refractivity contribution in [2.45, 2.75) is 12.5 Å². The van der Waals surface area contributed by atoms with Crippen LogP contribution in [-0.2, 0) is 0 Å². The van der Waals surface area contributed by atoms with E-state index < -0.39 is 0 Å². The molecule has 2 N–H and O–H groups in total. The Morgan fingerprint density at radius 3 is 2.94 bits per heavy atom. The van der Waals surface area contributed by atoms with E-state index in [1.54, 1.807) is 0 Å². The molecule has 3 nitrogen and oxygen atoms in total. The molecule has 0 bridgehead atoms. The van der Waals surface area contributed by atoms with Crippen molar-refractivity contribution < 1.29 is 4.79 Å². The molecule has 1 heterocycles. The van der Waals surface area contributed by atoms with Gasteiger partial charge in [-0.15, -0.1) is 0 Å². The molecule has 0 saturated carbocycles. The van der Waals surface area contributed by atoms with Gasteiger partial charge in [0.15, 0.2) is 0 Å². The van der Waals surface area contributed by atoms with E-state index in [-0.39, 0.29) is 6.03 Å². The summed E-state index contributed by atoms with van der Waals surface area (Å²) in [4.78, 5) is 11.7. The fraction of sp³-hybridized carbons (Fsp3) is 0.364. The Bertz CT molecular complexity index is 380. The van der Waals surface area contributed by atoms with Crippen molar-refractivity contribution in [1.29, 1.82) is 0 Å². The van der Waals surface area contributed by atoms with Gasteiger partial charge in [-0.05, 0) is 46.9 Å². The number of para-hydroxylation sites is 1. The number of hydrogen-bond donors (Lipinski definition) is 2. The van der Waals surface area contributed by atoms with Crippen LogP contribution in [0.15, 0.2) is 24.3 Å². The van der Waals surface area contributed by atoms with Crippen LogP contribution in [0.1, 0.15) is 6.42 Å². The molecule has 0 aromatic heterocycles. The highest BCUT2D eigenvalue weighted by Gasteiger charge is 2.17. The largest absolute Gasteiger partial charge is 0.334 e. The minimum absolute atomic E-state index is 0.100. The van der Waals surface area contributed by atoms with Crippen LogP contribution in [0.4, 0.5) is 10.5 Å². The van der Waals surface area contributed by atoms with Gasteiger partial charge in [-0.25, -0.2) is 4.79 Å². The summed E-state index contributed by atoms with van der Waals surface area (Å²) in [6, 6.07) is 7.98. The highest BCUT2D eigenvalue weighted by molar-refractivity contribution is 14.1. The fourth-order valence-electron chi connectivity index (χ4n) is 1.55. The van der Waals surface area contributed by atoms with Crippen LogP contribution < -0.4 is 10.6 Å². The minimum atomic E-state index is -0.100. The van der Waals surface area contributed by atoms with Crippen LogP contribution in [0, 0.1) is 3.57 Å². The normalized spacial score (nSPS) is 19.4. The van der Waals surface area contributed by atoms with E-state index in [1.165, 1.54) is 0 Å². The molecule has 16 heavy (non-hydrogen) atoms. The van der Waals surface area contributed by atoms with Gasteiger partial charge in [0.05, 0.1) is 5.69 Å². The van der Waals surface area contributed by atoms with E-state index in [4.69, 9.17) is 0 Å². The first-order chi connectivity index (χ1) is 7.75. The van der Waals surface area contributed by atoms with Crippen LogP contribution in [0.25, 0.3) is 0 Å². The number of carbonyl (C=O) groups is 1. The lowest BCUT2D eigenvalue weighted by atomic mass is 10.3. The summed E-state index contributed by atoms with van der Waals surface area (Å²) in [7, 11) is 0. The Hall–Kier alpha value is -0.430. The maximum Gasteiger partial charge on any atom is 0.319 e. The first kappa shape index (κ1) is 12.0. The van der Waals surface area contributed by atoms with Crippen LogP contribution in [0.3, 0.4) is 0 Å². The number of benzene rings is 1. The van der Waals surface area contributed by atoms with Crippen molar-refractivity contribution in [3.63, 3.8) is 0 Å². The van der Waals surface area contributed by atoms with Crippen molar-refractivity contribution in [2.24, 2.45) is 0 Å². The van der Waals surface area contributed by atoms with Crippen molar-refractivity contribution in [1.82, 2.24) is 5.32 Å². The molecule has 1 atom stereocenters. The van der Waals surface area contributed by atoms with Gasteiger partial charge in [-0.1, -0.05) is 12.1 Å². The van der Waals surface area contributed by atoms with Gasteiger partial charge in [-0.2, -0.15) is 11.8 Å². The van der Waals surface area contributed by atoms with E-state index in [1.807, 2.05) is 36.0 Å². The first-order valence-corrected chi connectivity index (χ1v) is 7.39. The maximum atomic E-state index is 11.7. The molecule has 0 spiro atoms. The van der Waals surface area contributed by atoms with Crippen LogP contribution in [0.2, 0.25) is 0 Å². The second kappa shape index (κ2) is 5.77. The predicted molar refractivity (Wildman–Crippen MR) is 77.0 cm³/mol. The summed E-state index contributed by atoms with van der Waals surface area (Å²) in [6.07, 6.45) is 1.07. The molecule has 1 fully saturated rings. The number of halogens is 1. The summed E-state index contributed by atoms with van der Waals surface area (Å²) < 4.78 is 1.05. The third-order valence-electron chi connectivity index (χ3n) is 2.39. The Balaban J connectivity index is 1.89. The molecule has 0 aliphatic carbocycles. The lowest BCUT2D eigenvalue weighted by Crippen LogP contribution is -2.37. The molecule has 2 amide bonds. The van der Waals surface area contributed by atoms with Crippen molar-refractivity contribution >= 4 is 46.1 Å². The number of rotatable bonds is 2. The molecule has 1 saturated heterocycles. The third kappa shape index (κ3) is 3.28. The molecule has 1 aliphatic rings. The molecule has 5 heteroatoms. The molecular weight excluding hydrogens is 335 g/mol. The zero-order valence-electron chi connectivity index (χ0n) is 8.70. The summed E-state index contributed by atoms with van der Waals surface area (Å²) in [5.41, 5.74) is 0.867. The smallest absolute Gasteiger partial charge is 0.319 e. The van der Waals surface area contributed by atoms with Gasteiger partial charge in [0, 0.05) is 15.4 Å². The first-order valence-electron chi connectivity index (χ1n) is 5.15. The van der Waals surface area contributed by atoms with Crippen molar-refractivity contribution in [3.05, 3.63) is 27.8 Å². The van der Waals surface area contributed by atoms with E-state index in [0.29, 0.717) is 6.04 Å². The third-order valence-corrected chi connectivity index (χ3v) is 4.49. The monoisotopic (exact) mass is 348 g/mol. The second-order valence-corrected chi connectivity index (χ2v) is 5.95. The Morgan fingerprint density at radius 1 is 1.44 bits per heavy atom. The lowest BCUT2D eigenvalue weighted by Gasteiger charge is -2.13. The topological polar surface area (TPSA) is 41.1 Å². The number of carbonyl (C=O) groups excluding carboxylic acids is 1. The zero-order valence-corrected chi connectivity index (χ0v) is 11.7. The van der Waals surface area contributed by atoms with Crippen molar-refractivity contribution in [3.8, 4) is 0 Å². The van der Waals surface area contributed by atoms with E-state index in [0.717, 1.165) is 27.2 Å². The molecule has 2 rings (SSSR count). The molecular formula is C11H13IN2OS. The van der Waals surface area contributed by atoms with Gasteiger partial charge < -0.3 is 10.6 Å². The molecule has 1 aliphatic heterocycles. The highest BCUT2D eigenvalue weighted by atomic mass is 127. The standard InChI is InChI=1S/C11H13IN2OS/c12-9-3-1-2-4-10(9)14-11(15)13-8-5-6-16-7-8/h1-4,8H,5-7H2,(H2,13,14,15)/t8-/m0/s1. The number of amides is 2.